The number of aromatic nitrogens is 4. The summed E-state index contributed by atoms with van der Waals surface area (Å²) < 4.78 is 21.9. The Morgan fingerprint density at radius 2 is 0.704 bits per heavy atom. The first-order valence-electron chi connectivity index (χ1n) is 32.3. The second kappa shape index (κ2) is 21.7. The van der Waals surface area contributed by atoms with E-state index < -0.39 is 0 Å². The highest BCUT2D eigenvalue weighted by molar-refractivity contribution is 6.25. The molecule has 0 atom stereocenters. The van der Waals surface area contributed by atoms with Crippen molar-refractivity contribution in [2.24, 2.45) is 0 Å². The normalized spacial score (nSPS) is 11.6. The van der Waals surface area contributed by atoms with E-state index in [1.807, 2.05) is 109 Å². The summed E-state index contributed by atoms with van der Waals surface area (Å²) in [6.07, 6.45) is 0. The molecule has 98 heavy (non-hydrogen) atoms. The van der Waals surface area contributed by atoms with Crippen LogP contribution in [0.3, 0.4) is 0 Å². The molecule has 6 aromatic heterocycles. The van der Waals surface area contributed by atoms with E-state index in [2.05, 4.69) is 225 Å². The number of rotatable bonds is 6. The average Bonchev–Trinajstić information content (AvgIpc) is 1.56. The monoisotopic (exact) mass is 1250 g/mol. The van der Waals surface area contributed by atoms with Gasteiger partial charge in [-0.3, -0.25) is 0 Å². The molecule has 452 valence electrons. The maximum absolute atomic E-state index is 10.7. The molecule has 0 bridgehead atoms. The van der Waals surface area contributed by atoms with Gasteiger partial charge in [0.1, 0.15) is 28.9 Å². The molecule has 10 heteroatoms. The van der Waals surface area contributed by atoms with Gasteiger partial charge in [0.2, 0.25) is 0 Å². The third-order valence-corrected chi connectivity index (χ3v) is 19.6. The second-order valence-electron chi connectivity index (χ2n) is 24.7. The van der Waals surface area contributed by atoms with Gasteiger partial charge in [-0.25, -0.2) is 0 Å². The van der Waals surface area contributed by atoms with E-state index in [-0.39, 0.29) is 0 Å². The van der Waals surface area contributed by atoms with E-state index in [1.54, 1.807) is 0 Å². The van der Waals surface area contributed by atoms with E-state index in [1.165, 1.54) is 10.8 Å². The molecule has 0 amide bonds. The molecule has 10 nitrogen and oxygen atoms in total. The number of para-hydroxylation sites is 8. The van der Waals surface area contributed by atoms with Crippen molar-refractivity contribution >= 4 is 131 Å². The van der Waals surface area contributed by atoms with E-state index >= 15 is 0 Å². The summed E-state index contributed by atoms with van der Waals surface area (Å²) in [4.78, 5) is 0. The van der Waals surface area contributed by atoms with Crippen molar-refractivity contribution < 1.29 is 8.83 Å². The van der Waals surface area contributed by atoms with Crippen molar-refractivity contribution in [3.8, 4) is 69.3 Å². The standard InChI is InChI=1S/2C44H24N4O/c45-25-27-17-21-40(48-39-15-7-3-11-33(39)34-20-22-42-43(44(34)48)35-12-4-8-16-41(35)49-42)36(23-27)30-19-18-29(24-28(30)26-46)47-37-13-5-1-9-31(37)32-10-2-6-14-38(32)47;45-25-28-23-37(27-17-19-30(20-18-27)47-38-13-5-1-9-31(38)32-10-2-6-14-39(32)47)41(24-29(28)26-46)48-40-15-7-3-11-33(40)35-21-22-36-34-12-4-8-16-42(34)49-44(36)43(35)48/h2*1-24H. The van der Waals surface area contributed by atoms with Crippen LogP contribution in [0.15, 0.2) is 300 Å². The van der Waals surface area contributed by atoms with Crippen LogP contribution < -0.4 is 0 Å². The van der Waals surface area contributed by atoms with Crippen LogP contribution in [0, 0.1) is 45.3 Å². The summed E-state index contributed by atoms with van der Waals surface area (Å²) in [6.45, 7) is 0. The first-order chi connectivity index (χ1) is 48.5. The summed E-state index contributed by atoms with van der Waals surface area (Å²) in [7, 11) is 0. The lowest BCUT2D eigenvalue weighted by atomic mass is 9.96. The first-order valence-corrected chi connectivity index (χ1v) is 32.3. The molecule has 0 aliphatic carbocycles. The smallest absolute Gasteiger partial charge is 0.160 e. The molecule has 0 saturated carbocycles. The Morgan fingerprint density at radius 1 is 0.255 bits per heavy atom. The minimum absolute atomic E-state index is 0.325. The number of hydrogen-bond acceptors (Lipinski definition) is 6. The Bertz CT molecular complexity index is 6890. The summed E-state index contributed by atoms with van der Waals surface area (Å²) in [5.74, 6) is 0. The molecule has 0 aliphatic heterocycles. The number of nitriles is 4. The Morgan fingerprint density at radius 3 is 1.28 bits per heavy atom. The minimum Gasteiger partial charge on any atom is -0.456 e. The molecule has 0 radical (unpaired) electrons. The van der Waals surface area contributed by atoms with E-state index in [9.17, 15) is 21.0 Å². The molecule has 0 unspecified atom stereocenters. The molecule has 0 N–H and O–H groups in total. The zero-order chi connectivity index (χ0) is 65.3. The molecule has 0 fully saturated rings. The van der Waals surface area contributed by atoms with Gasteiger partial charge in [-0.2, -0.15) is 21.0 Å². The zero-order valence-electron chi connectivity index (χ0n) is 52.1. The highest BCUT2D eigenvalue weighted by Gasteiger charge is 2.26. The summed E-state index contributed by atoms with van der Waals surface area (Å²) in [6, 6.07) is 108. The van der Waals surface area contributed by atoms with Gasteiger partial charge in [0.15, 0.2) is 5.58 Å². The number of furan rings is 2. The average molecular weight is 1250 g/mol. The van der Waals surface area contributed by atoms with E-state index in [0.717, 1.165) is 165 Å². The SMILES string of the molecule is N#Cc1cc(-c2ccc(-n3c4ccccc4c4ccccc43)cc2)c(-n2c3ccccc3c3ccc4c5ccccc5oc4c32)cc1C#N.N#Cc1ccc(-n2c3ccccc3c3ccc4oc5ccccc5c4c32)c(-c2ccc(-n3c4ccccc4c4ccccc43)cc2C#N)c1. The first kappa shape index (κ1) is 55.5. The third-order valence-electron chi connectivity index (χ3n) is 19.6. The van der Waals surface area contributed by atoms with E-state index in [4.69, 9.17) is 8.83 Å². The fraction of sp³-hybridized carbons (Fsp3) is 0. The minimum atomic E-state index is 0.325. The number of fused-ring (bicyclic) bond motifs is 20. The lowest BCUT2D eigenvalue weighted by Crippen LogP contribution is -2.01. The van der Waals surface area contributed by atoms with Gasteiger partial charge < -0.3 is 27.1 Å². The molecular weight excluding hydrogens is 1200 g/mol. The van der Waals surface area contributed by atoms with Gasteiger partial charge in [0.05, 0.1) is 95.3 Å². The zero-order valence-corrected chi connectivity index (χ0v) is 52.1. The number of hydrogen-bond donors (Lipinski definition) is 0. The van der Waals surface area contributed by atoms with Crippen molar-refractivity contribution in [3.05, 3.63) is 313 Å². The van der Waals surface area contributed by atoms with Crippen molar-refractivity contribution in [2.75, 3.05) is 0 Å². The maximum atomic E-state index is 10.7. The van der Waals surface area contributed by atoms with Gasteiger partial charge >= 0.3 is 0 Å². The Balaban J connectivity index is 0.000000137. The van der Waals surface area contributed by atoms with Crippen LogP contribution in [-0.2, 0) is 0 Å². The molecule has 14 aromatic carbocycles. The predicted octanol–water partition coefficient (Wildman–Crippen LogP) is 22.4. The summed E-state index contributed by atoms with van der Waals surface area (Å²) in [5, 5.41) is 54.4. The number of benzene rings is 14. The second-order valence-corrected chi connectivity index (χ2v) is 24.7. The van der Waals surface area contributed by atoms with Crippen LogP contribution in [0.1, 0.15) is 22.3 Å². The van der Waals surface area contributed by atoms with Crippen LogP contribution in [-0.4, -0.2) is 18.3 Å². The van der Waals surface area contributed by atoms with E-state index in [0.29, 0.717) is 22.3 Å². The van der Waals surface area contributed by atoms with Crippen LogP contribution in [0.25, 0.3) is 176 Å². The fourth-order valence-corrected chi connectivity index (χ4v) is 15.4. The lowest BCUT2D eigenvalue weighted by Gasteiger charge is -2.17. The van der Waals surface area contributed by atoms with Crippen LogP contribution in [0.5, 0.6) is 0 Å². The number of nitrogens with zero attached hydrogens (tertiary/aromatic N) is 8. The summed E-state index contributed by atoms with van der Waals surface area (Å²) >= 11 is 0. The maximum Gasteiger partial charge on any atom is 0.160 e. The Kier molecular flexibility index (Phi) is 12.3. The Hall–Kier alpha value is -14.2. The molecule has 0 spiro atoms. The molecule has 6 heterocycles. The predicted molar refractivity (Wildman–Crippen MR) is 395 cm³/mol. The quantitative estimate of drug-likeness (QED) is 0.162. The molecule has 20 aromatic rings. The highest BCUT2D eigenvalue weighted by Crippen LogP contribution is 2.46. The highest BCUT2D eigenvalue weighted by atomic mass is 16.3. The van der Waals surface area contributed by atoms with Gasteiger partial charge in [-0.05, 0) is 127 Å². The van der Waals surface area contributed by atoms with Gasteiger partial charge in [-0.1, -0.05) is 170 Å². The van der Waals surface area contributed by atoms with Gasteiger partial charge in [0, 0.05) is 87.3 Å². The van der Waals surface area contributed by atoms with Crippen molar-refractivity contribution in [1.82, 2.24) is 18.3 Å². The topological polar surface area (TPSA) is 141 Å². The van der Waals surface area contributed by atoms with Crippen molar-refractivity contribution in [3.63, 3.8) is 0 Å². The summed E-state index contributed by atoms with van der Waals surface area (Å²) in [5.41, 5.74) is 20.3. The fourth-order valence-electron chi connectivity index (χ4n) is 15.4. The van der Waals surface area contributed by atoms with Gasteiger partial charge in [0.25, 0.3) is 0 Å². The Labute approximate surface area is 558 Å². The van der Waals surface area contributed by atoms with Crippen molar-refractivity contribution in [1.29, 1.82) is 21.0 Å². The lowest BCUT2D eigenvalue weighted by molar-refractivity contribution is 0.669. The molecule has 0 aliphatic rings. The largest absolute Gasteiger partial charge is 0.456 e. The molecule has 20 rings (SSSR count). The van der Waals surface area contributed by atoms with Crippen molar-refractivity contribution in [2.45, 2.75) is 0 Å². The third kappa shape index (κ3) is 8.17. The van der Waals surface area contributed by atoms with Crippen LogP contribution in [0.2, 0.25) is 0 Å². The molecule has 0 saturated heterocycles. The van der Waals surface area contributed by atoms with Gasteiger partial charge in [-0.15, -0.1) is 0 Å². The molecular formula is C88H48N8O2. The van der Waals surface area contributed by atoms with Crippen LogP contribution in [0.4, 0.5) is 0 Å². The van der Waals surface area contributed by atoms with Crippen LogP contribution >= 0.6 is 0 Å².